The summed E-state index contributed by atoms with van der Waals surface area (Å²) >= 11 is 0. The number of halogens is 1. The van der Waals surface area contributed by atoms with Gasteiger partial charge in [0.2, 0.25) is 0 Å². The van der Waals surface area contributed by atoms with Gasteiger partial charge in [0.05, 0.1) is 19.8 Å². The van der Waals surface area contributed by atoms with Crippen LogP contribution < -0.4 is 15.6 Å². The Labute approximate surface area is 169 Å². The van der Waals surface area contributed by atoms with Gasteiger partial charge < -0.3 is 19.4 Å². The van der Waals surface area contributed by atoms with Crippen LogP contribution in [-0.2, 0) is 11.3 Å². The fraction of sp³-hybridized carbons (Fsp3) is 0.429. The van der Waals surface area contributed by atoms with E-state index in [-0.39, 0.29) is 30.0 Å². The Hall–Kier alpha value is -2.71. The molecule has 3 rings (SSSR count). The van der Waals surface area contributed by atoms with Crippen LogP contribution in [0.3, 0.4) is 0 Å². The van der Waals surface area contributed by atoms with Crippen molar-refractivity contribution in [2.75, 3.05) is 46.0 Å². The molecule has 1 aliphatic rings. The first-order valence-electron chi connectivity index (χ1n) is 9.72. The number of hydrogen-bond donors (Lipinski definition) is 1. The second-order valence-corrected chi connectivity index (χ2v) is 6.86. The van der Waals surface area contributed by atoms with Crippen molar-refractivity contribution in [2.24, 2.45) is 0 Å². The lowest BCUT2D eigenvalue weighted by atomic mass is 10.1. The average molecular weight is 403 g/mol. The van der Waals surface area contributed by atoms with E-state index in [1.54, 1.807) is 35.9 Å². The summed E-state index contributed by atoms with van der Waals surface area (Å²) in [6, 6.07) is 7.84. The molecule has 1 N–H and O–H groups in total. The zero-order valence-electron chi connectivity index (χ0n) is 16.5. The highest BCUT2D eigenvalue weighted by molar-refractivity contribution is 5.95. The van der Waals surface area contributed by atoms with Crippen molar-refractivity contribution in [1.82, 2.24) is 14.8 Å². The molecule has 7 nitrogen and oxygen atoms in total. The van der Waals surface area contributed by atoms with Crippen LogP contribution in [0.2, 0.25) is 0 Å². The lowest BCUT2D eigenvalue weighted by Gasteiger charge is -2.26. The molecule has 0 saturated carbocycles. The molecule has 1 saturated heterocycles. The number of benzene rings is 1. The molecule has 156 valence electrons. The molecule has 0 spiro atoms. The van der Waals surface area contributed by atoms with Gasteiger partial charge in [-0.3, -0.25) is 14.5 Å². The molecule has 8 heteroatoms. The number of amides is 1. The van der Waals surface area contributed by atoms with E-state index in [4.69, 9.17) is 9.47 Å². The van der Waals surface area contributed by atoms with Crippen molar-refractivity contribution in [2.45, 2.75) is 13.5 Å². The Balaban J connectivity index is 1.56. The summed E-state index contributed by atoms with van der Waals surface area (Å²) < 4.78 is 25.7. The van der Waals surface area contributed by atoms with Crippen LogP contribution in [0, 0.1) is 12.7 Å². The summed E-state index contributed by atoms with van der Waals surface area (Å²) in [5.74, 6) is -0.783. The van der Waals surface area contributed by atoms with Gasteiger partial charge in [0, 0.05) is 32.4 Å². The lowest BCUT2D eigenvalue weighted by Crippen LogP contribution is -2.40. The molecule has 1 aliphatic heterocycles. The topological polar surface area (TPSA) is 72.8 Å². The van der Waals surface area contributed by atoms with Gasteiger partial charge in [0.25, 0.3) is 11.5 Å². The van der Waals surface area contributed by atoms with Crippen LogP contribution in [-0.4, -0.2) is 61.4 Å². The van der Waals surface area contributed by atoms with Gasteiger partial charge in [-0.2, -0.15) is 0 Å². The Morgan fingerprint density at radius 2 is 1.97 bits per heavy atom. The van der Waals surface area contributed by atoms with E-state index in [0.717, 1.165) is 19.6 Å². The molecule has 1 amide bonds. The molecule has 0 atom stereocenters. The Morgan fingerprint density at radius 3 is 2.72 bits per heavy atom. The quantitative estimate of drug-likeness (QED) is 0.676. The van der Waals surface area contributed by atoms with Crippen LogP contribution in [0.15, 0.2) is 41.3 Å². The highest BCUT2D eigenvalue weighted by atomic mass is 19.1. The Bertz CT molecular complexity index is 894. The minimum Gasteiger partial charge on any atom is -0.489 e. The maximum absolute atomic E-state index is 13.5. The number of ether oxygens (including phenoxy) is 2. The van der Waals surface area contributed by atoms with Crippen molar-refractivity contribution in [3.8, 4) is 5.75 Å². The first-order valence-corrected chi connectivity index (χ1v) is 9.72. The van der Waals surface area contributed by atoms with E-state index in [2.05, 4.69) is 10.2 Å². The number of morpholine rings is 1. The smallest absolute Gasteiger partial charge is 0.263 e. The first-order chi connectivity index (χ1) is 14.1. The number of nitrogens with one attached hydrogen (secondary N) is 1. The molecule has 1 fully saturated rings. The second kappa shape index (κ2) is 10.2. The number of carbonyl (C=O) groups excluding carboxylic acids is 1. The number of carbonyl (C=O) groups is 1. The van der Waals surface area contributed by atoms with Crippen molar-refractivity contribution in [3.05, 3.63) is 63.8 Å². The summed E-state index contributed by atoms with van der Waals surface area (Å²) in [6.45, 7) is 6.32. The zero-order valence-corrected chi connectivity index (χ0v) is 16.5. The molecular weight excluding hydrogens is 377 g/mol. The van der Waals surface area contributed by atoms with Gasteiger partial charge in [0.1, 0.15) is 12.2 Å². The van der Waals surface area contributed by atoms with E-state index in [0.29, 0.717) is 25.3 Å². The number of pyridine rings is 1. The van der Waals surface area contributed by atoms with E-state index in [9.17, 15) is 14.0 Å². The first kappa shape index (κ1) is 21.0. The number of para-hydroxylation sites is 1. The van der Waals surface area contributed by atoms with Gasteiger partial charge in [-0.1, -0.05) is 12.1 Å². The molecule has 0 unspecified atom stereocenters. The largest absolute Gasteiger partial charge is 0.489 e. The standard InChI is InChI=1S/C21H26FN3O4/c1-16-6-8-25(10-9-24-11-14-28-15-12-24)21(27)19(16)20(26)23-7-13-29-18-5-3-2-4-17(18)22/h2-6,8H,7,9-15H2,1H3,(H,23,26). The van der Waals surface area contributed by atoms with Gasteiger partial charge in [-0.05, 0) is 30.7 Å². The molecule has 1 aromatic heterocycles. The number of hydrogen-bond acceptors (Lipinski definition) is 5. The monoisotopic (exact) mass is 403 g/mol. The molecule has 2 heterocycles. The van der Waals surface area contributed by atoms with Gasteiger partial charge in [-0.25, -0.2) is 4.39 Å². The van der Waals surface area contributed by atoms with Crippen LogP contribution in [0.4, 0.5) is 4.39 Å². The molecule has 0 bridgehead atoms. The minimum absolute atomic E-state index is 0.101. The van der Waals surface area contributed by atoms with Gasteiger partial charge in [0.15, 0.2) is 11.6 Å². The third kappa shape index (κ3) is 5.65. The highest BCUT2D eigenvalue weighted by Crippen LogP contribution is 2.14. The average Bonchev–Trinajstić information content (AvgIpc) is 2.72. The molecular formula is C21H26FN3O4. The molecule has 2 aromatic rings. The third-order valence-corrected chi connectivity index (χ3v) is 4.84. The maximum atomic E-state index is 13.5. The number of aryl methyl sites for hydroxylation is 1. The van der Waals surface area contributed by atoms with Crippen molar-refractivity contribution >= 4 is 5.91 Å². The number of aromatic nitrogens is 1. The summed E-state index contributed by atoms with van der Waals surface area (Å²) in [5, 5.41) is 2.68. The van der Waals surface area contributed by atoms with Crippen LogP contribution in [0.25, 0.3) is 0 Å². The molecule has 0 aliphatic carbocycles. The Morgan fingerprint density at radius 1 is 1.21 bits per heavy atom. The van der Waals surface area contributed by atoms with E-state index in [1.165, 1.54) is 12.1 Å². The van der Waals surface area contributed by atoms with Crippen LogP contribution in [0.1, 0.15) is 15.9 Å². The van der Waals surface area contributed by atoms with Crippen LogP contribution in [0.5, 0.6) is 5.75 Å². The van der Waals surface area contributed by atoms with Gasteiger partial charge >= 0.3 is 0 Å². The van der Waals surface area contributed by atoms with Crippen molar-refractivity contribution in [3.63, 3.8) is 0 Å². The maximum Gasteiger partial charge on any atom is 0.263 e. The molecule has 0 radical (unpaired) electrons. The van der Waals surface area contributed by atoms with E-state index >= 15 is 0 Å². The van der Waals surface area contributed by atoms with Crippen molar-refractivity contribution < 1.29 is 18.7 Å². The van der Waals surface area contributed by atoms with Gasteiger partial charge in [-0.15, -0.1) is 0 Å². The second-order valence-electron chi connectivity index (χ2n) is 6.86. The summed E-state index contributed by atoms with van der Waals surface area (Å²) in [4.78, 5) is 27.6. The zero-order chi connectivity index (χ0) is 20.6. The third-order valence-electron chi connectivity index (χ3n) is 4.84. The SMILES string of the molecule is Cc1ccn(CCN2CCOCC2)c(=O)c1C(=O)NCCOc1ccccc1F. The molecule has 29 heavy (non-hydrogen) atoms. The number of rotatable bonds is 8. The molecule has 1 aromatic carbocycles. The predicted octanol–water partition coefficient (Wildman–Crippen LogP) is 1.44. The minimum atomic E-state index is -0.458. The summed E-state index contributed by atoms with van der Waals surface area (Å²) in [6.07, 6.45) is 1.72. The summed E-state index contributed by atoms with van der Waals surface area (Å²) in [7, 11) is 0. The fourth-order valence-electron chi connectivity index (χ4n) is 3.17. The Kier molecular flexibility index (Phi) is 7.37. The van der Waals surface area contributed by atoms with E-state index in [1.807, 2.05) is 0 Å². The number of nitrogens with zero attached hydrogens (tertiary/aromatic N) is 2. The lowest BCUT2D eigenvalue weighted by molar-refractivity contribution is 0.0362. The predicted molar refractivity (Wildman–Crippen MR) is 107 cm³/mol. The van der Waals surface area contributed by atoms with Crippen molar-refractivity contribution in [1.29, 1.82) is 0 Å². The normalized spacial score (nSPS) is 14.6. The van der Waals surface area contributed by atoms with E-state index < -0.39 is 11.7 Å². The summed E-state index contributed by atoms with van der Waals surface area (Å²) in [5.41, 5.74) is 0.427. The van der Waals surface area contributed by atoms with Crippen LogP contribution >= 0.6 is 0 Å². The highest BCUT2D eigenvalue weighted by Gasteiger charge is 2.16. The fourth-order valence-corrected chi connectivity index (χ4v) is 3.17.